The summed E-state index contributed by atoms with van der Waals surface area (Å²) >= 11 is 0. The summed E-state index contributed by atoms with van der Waals surface area (Å²) in [5, 5.41) is 0. The monoisotopic (exact) mass is 264 g/mol. The van der Waals surface area contributed by atoms with Crippen molar-refractivity contribution in [2.75, 3.05) is 5.73 Å². The second kappa shape index (κ2) is 5.27. The molecule has 1 heterocycles. The zero-order chi connectivity index (χ0) is 13.1. The van der Waals surface area contributed by atoms with Crippen LogP contribution in [0.5, 0.6) is 0 Å². The Morgan fingerprint density at radius 3 is 2.78 bits per heavy atom. The summed E-state index contributed by atoms with van der Waals surface area (Å²) in [5.74, 6) is -0.153. The van der Waals surface area contributed by atoms with Crippen LogP contribution in [0.15, 0.2) is 41.3 Å². The third kappa shape index (κ3) is 2.92. The Morgan fingerprint density at radius 1 is 1.33 bits per heavy atom. The average molecular weight is 264 g/mol. The molecule has 2 N–H and O–H groups in total. The molecule has 0 radical (unpaired) electrons. The van der Waals surface area contributed by atoms with Crippen LogP contribution in [0.2, 0.25) is 0 Å². The molecule has 18 heavy (non-hydrogen) atoms. The van der Waals surface area contributed by atoms with Crippen LogP contribution in [-0.2, 0) is 16.6 Å². The molecule has 3 nitrogen and oxygen atoms in total. The van der Waals surface area contributed by atoms with Crippen molar-refractivity contribution in [3.05, 3.63) is 53.6 Å². The van der Waals surface area contributed by atoms with Gasteiger partial charge in [-0.05, 0) is 37.3 Å². The molecule has 0 aliphatic rings. The second-order valence-electron chi connectivity index (χ2n) is 3.94. The number of nitrogen functional groups attached to an aromatic ring is 1. The molecule has 1 unspecified atom stereocenters. The molecule has 1 aromatic heterocycles. The van der Waals surface area contributed by atoms with Gasteiger partial charge in [-0.25, -0.2) is 4.39 Å². The zero-order valence-electron chi connectivity index (χ0n) is 9.89. The molecular formula is C13H13FN2OS. The van der Waals surface area contributed by atoms with Gasteiger partial charge >= 0.3 is 0 Å². The number of benzene rings is 1. The van der Waals surface area contributed by atoms with Gasteiger partial charge in [0.1, 0.15) is 5.82 Å². The van der Waals surface area contributed by atoms with E-state index >= 15 is 0 Å². The van der Waals surface area contributed by atoms with Crippen molar-refractivity contribution in [3.8, 4) is 0 Å². The summed E-state index contributed by atoms with van der Waals surface area (Å²) in [4.78, 5) is 4.72. The lowest BCUT2D eigenvalue weighted by molar-refractivity contribution is 0.627. The third-order valence-corrected chi connectivity index (χ3v) is 3.86. The molecule has 2 rings (SSSR count). The minimum Gasteiger partial charge on any atom is -0.398 e. The fourth-order valence-electron chi connectivity index (χ4n) is 1.62. The van der Waals surface area contributed by atoms with E-state index in [2.05, 4.69) is 4.98 Å². The number of halogens is 1. The number of nitrogens with two attached hydrogens (primary N) is 1. The molecule has 0 aliphatic carbocycles. The molecule has 0 fully saturated rings. The van der Waals surface area contributed by atoms with Gasteiger partial charge in [-0.3, -0.25) is 9.19 Å². The van der Waals surface area contributed by atoms with E-state index in [-0.39, 0.29) is 11.4 Å². The van der Waals surface area contributed by atoms with Crippen molar-refractivity contribution in [1.29, 1.82) is 0 Å². The van der Waals surface area contributed by atoms with Crippen molar-refractivity contribution in [2.24, 2.45) is 0 Å². The molecular weight excluding hydrogens is 251 g/mol. The van der Waals surface area contributed by atoms with Crippen LogP contribution in [-0.4, -0.2) is 9.19 Å². The molecule has 1 atom stereocenters. The van der Waals surface area contributed by atoms with Crippen LogP contribution in [0, 0.1) is 12.7 Å². The summed E-state index contributed by atoms with van der Waals surface area (Å²) in [5.41, 5.74) is 7.47. The predicted octanol–water partition coefficient (Wildman–Crippen LogP) is 2.42. The number of aromatic nitrogens is 1. The Bertz CT molecular complexity index is 601. The maximum absolute atomic E-state index is 12.9. The SMILES string of the molecule is Cc1cccc(CS(=O)c2ccc(F)cc2N)n1. The Balaban J connectivity index is 2.22. The number of rotatable bonds is 3. The standard InChI is InChI=1S/C13H13FN2OS/c1-9-3-2-4-11(16-9)8-18(17)13-6-5-10(14)7-12(13)15/h2-7H,8,15H2,1H3. The minimum atomic E-state index is -1.32. The Hall–Kier alpha value is -1.75. The maximum atomic E-state index is 12.9. The number of pyridine rings is 1. The molecule has 0 saturated heterocycles. The predicted molar refractivity (Wildman–Crippen MR) is 69.9 cm³/mol. The molecule has 1 aromatic carbocycles. The number of aryl methyl sites for hydroxylation is 1. The van der Waals surface area contributed by atoms with Crippen molar-refractivity contribution in [3.63, 3.8) is 0 Å². The van der Waals surface area contributed by atoms with Gasteiger partial charge in [0.25, 0.3) is 0 Å². The molecule has 0 bridgehead atoms. The van der Waals surface area contributed by atoms with Crippen molar-refractivity contribution in [2.45, 2.75) is 17.6 Å². The highest BCUT2D eigenvalue weighted by molar-refractivity contribution is 7.84. The van der Waals surface area contributed by atoms with Gasteiger partial charge in [0.05, 0.1) is 32.8 Å². The van der Waals surface area contributed by atoms with Gasteiger partial charge < -0.3 is 5.73 Å². The van der Waals surface area contributed by atoms with Gasteiger partial charge in [-0.2, -0.15) is 0 Å². The quantitative estimate of drug-likeness (QED) is 0.866. The van der Waals surface area contributed by atoms with E-state index in [0.717, 1.165) is 11.4 Å². The summed E-state index contributed by atoms with van der Waals surface area (Å²) in [6.45, 7) is 1.87. The highest BCUT2D eigenvalue weighted by Gasteiger charge is 2.10. The van der Waals surface area contributed by atoms with Crippen LogP contribution >= 0.6 is 0 Å². The molecule has 2 aromatic rings. The number of hydrogen-bond acceptors (Lipinski definition) is 3. The minimum absolute atomic E-state index is 0.209. The lowest BCUT2D eigenvalue weighted by Gasteiger charge is -2.06. The third-order valence-electron chi connectivity index (χ3n) is 2.44. The van der Waals surface area contributed by atoms with E-state index in [1.165, 1.54) is 18.2 Å². The Kier molecular flexibility index (Phi) is 3.72. The average Bonchev–Trinajstić information content (AvgIpc) is 2.28. The maximum Gasteiger partial charge on any atom is 0.125 e. The summed E-state index contributed by atoms with van der Waals surface area (Å²) in [6, 6.07) is 9.44. The second-order valence-corrected chi connectivity index (χ2v) is 5.36. The van der Waals surface area contributed by atoms with E-state index in [4.69, 9.17) is 5.73 Å². The van der Waals surface area contributed by atoms with E-state index in [9.17, 15) is 8.60 Å². The first-order valence-corrected chi connectivity index (χ1v) is 6.74. The lowest BCUT2D eigenvalue weighted by atomic mass is 10.3. The lowest BCUT2D eigenvalue weighted by Crippen LogP contribution is -2.03. The van der Waals surface area contributed by atoms with Crippen LogP contribution in [0.1, 0.15) is 11.4 Å². The van der Waals surface area contributed by atoms with Gasteiger partial charge in [-0.15, -0.1) is 0 Å². The molecule has 94 valence electrons. The van der Waals surface area contributed by atoms with E-state index < -0.39 is 16.6 Å². The van der Waals surface area contributed by atoms with Gasteiger partial charge in [0, 0.05) is 5.69 Å². The normalized spacial score (nSPS) is 12.3. The number of nitrogens with zero attached hydrogens (tertiary/aromatic N) is 1. The van der Waals surface area contributed by atoms with Gasteiger partial charge in [0.15, 0.2) is 0 Å². The molecule has 5 heteroatoms. The Morgan fingerprint density at radius 2 is 2.11 bits per heavy atom. The first kappa shape index (κ1) is 12.7. The van der Waals surface area contributed by atoms with Crippen LogP contribution in [0.4, 0.5) is 10.1 Å². The highest BCUT2D eigenvalue weighted by atomic mass is 32.2. The summed E-state index contributed by atoms with van der Waals surface area (Å²) in [7, 11) is -1.32. The van der Waals surface area contributed by atoms with E-state index in [1.807, 2.05) is 25.1 Å². The van der Waals surface area contributed by atoms with E-state index in [1.54, 1.807) is 0 Å². The summed E-state index contributed by atoms with van der Waals surface area (Å²) in [6.07, 6.45) is 0. The Labute approximate surface area is 107 Å². The van der Waals surface area contributed by atoms with Gasteiger partial charge in [-0.1, -0.05) is 6.07 Å². The molecule has 0 aliphatic heterocycles. The van der Waals surface area contributed by atoms with Crippen LogP contribution in [0.25, 0.3) is 0 Å². The zero-order valence-corrected chi connectivity index (χ0v) is 10.7. The fourth-order valence-corrected chi connectivity index (χ4v) is 2.75. The van der Waals surface area contributed by atoms with Crippen molar-refractivity contribution in [1.82, 2.24) is 4.98 Å². The first-order chi connectivity index (χ1) is 8.56. The fraction of sp³-hybridized carbons (Fsp3) is 0.154. The largest absolute Gasteiger partial charge is 0.398 e. The van der Waals surface area contributed by atoms with E-state index in [0.29, 0.717) is 4.90 Å². The van der Waals surface area contributed by atoms with Crippen LogP contribution in [0.3, 0.4) is 0 Å². The van der Waals surface area contributed by atoms with Crippen molar-refractivity contribution < 1.29 is 8.60 Å². The molecule has 0 spiro atoms. The van der Waals surface area contributed by atoms with Crippen molar-refractivity contribution >= 4 is 16.5 Å². The number of hydrogen-bond donors (Lipinski definition) is 1. The summed E-state index contributed by atoms with van der Waals surface area (Å²) < 4.78 is 25.0. The van der Waals surface area contributed by atoms with Crippen LogP contribution < -0.4 is 5.73 Å². The number of anilines is 1. The van der Waals surface area contributed by atoms with Gasteiger partial charge in [0.2, 0.25) is 0 Å². The first-order valence-electron chi connectivity index (χ1n) is 5.42. The molecule has 0 saturated carbocycles. The molecule has 0 amide bonds. The topological polar surface area (TPSA) is 56.0 Å². The highest BCUT2D eigenvalue weighted by Crippen LogP contribution is 2.19. The smallest absolute Gasteiger partial charge is 0.125 e.